The molecule has 9 nitrogen and oxygen atoms in total. The van der Waals surface area contributed by atoms with Gasteiger partial charge in [0.15, 0.2) is 5.76 Å². The van der Waals surface area contributed by atoms with Gasteiger partial charge in [0.2, 0.25) is 11.8 Å². The first-order valence-electron chi connectivity index (χ1n) is 11.8. The molecule has 0 fully saturated rings. The van der Waals surface area contributed by atoms with Crippen LogP contribution in [0, 0.1) is 0 Å². The Hall–Kier alpha value is -3.47. The smallest absolute Gasteiger partial charge is 0.239 e. The van der Waals surface area contributed by atoms with E-state index < -0.39 is 0 Å². The van der Waals surface area contributed by atoms with Crippen LogP contribution >= 0.6 is 23.5 Å². The van der Waals surface area contributed by atoms with Crippen LogP contribution in [-0.2, 0) is 6.42 Å². The van der Waals surface area contributed by atoms with Gasteiger partial charge in [-0.1, -0.05) is 23.7 Å². The molecular formula is C26H27ClN6O3S. The van der Waals surface area contributed by atoms with Crippen LogP contribution in [0.5, 0.6) is 11.5 Å². The second-order valence-corrected chi connectivity index (χ2v) is 9.54. The Labute approximate surface area is 224 Å². The number of rotatable bonds is 10. The van der Waals surface area contributed by atoms with Gasteiger partial charge in [0, 0.05) is 36.2 Å². The monoisotopic (exact) mass is 538 g/mol. The van der Waals surface area contributed by atoms with Gasteiger partial charge < -0.3 is 19.2 Å². The van der Waals surface area contributed by atoms with Crippen molar-refractivity contribution in [3.8, 4) is 28.8 Å². The average molecular weight is 539 g/mol. The highest BCUT2D eigenvalue weighted by molar-refractivity contribution is 8.00. The molecule has 0 aliphatic carbocycles. The largest absolute Gasteiger partial charge is 0.494 e. The summed E-state index contributed by atoms with van der Waals surface area (Å²) >= 11 is 7.79. The standard InChI is InChI=1S/C26H27ClN6O3S/c1-34-21-5-3-6-22(35-2)24(21)33-25(23-7-4-13-36-23)30-31-26(33)32-37-14-10-20-19(15-18(27)16-29-20)17-8-11-28-12-9-17/h3-8,13,15-16,28H,9-12,14H2,1-2H3,(H,31,32). The van der Waals surface area contributed by atoms with Crippen LogP contribution in [0.2, 0.25) is 5.02 Å². The molecule has 4 heterocycles. The molecule has 0 saturated heterocycles. The third-order valence-electron chi connectivity index (χ3n) is 5.98. The van der Waals surface area contributed by atoms with E-state index in [-0.39, 0.29) is 0 Å². The van der Waals surface area contributed by atoms with E-state index in [0.29, 0.717) is 39.7 Å². The van der Waals surface area contributed by atoms with Crippen molar-refractivity contribution in [1.82, 2.24) is 25.1 Å². The summed E-state index contributed by atoms with van der Waals surface area (Å²) < 4.78 is 22.1. The Morgan fingerprint density at radius 2 is 2.00 bits per heavy atom. The Balaban J connectivity index is 1.39. The molecule has 1 aliphatic rings. The van der Waals surface area contributed by atoms with Gasteiger partial charge in [-0.2, -0.15) is 0 Å². The van der Waals surface area contributed by atoms with Crippen molar-refractivity contribution in [1.29, 1.82) is 0 Å². The third-order valence-corrected chi connectivity index (χ3v) is 6.92. The summed E-state index contributed by atoms with van der Waals surface area (Å²) in [5.74, 6) is 3.60. The molecule has 3 aromatic heterocycles. The van der Waals surface area contributed by atoms with E-state index in [0.717, 1.165) is 42.9 Å². The van der Waals surface area contributed by atoms with Crippen molar-refractivity contribution in [2.24, 2.45) is 0 Å². The van der Waals surface area contributed by atoms with Crippen molar-refractivity contribution in [3.05, 3.63) is 71.2 Å². The lowest BCUT2D eigenvalue weighted by molar-refractivity contribution is 0.391. The van der Waals surface area contributed by atoms with E-state index >= 15 is 0 Å². The van der Waals surface area contributed by atoms with Crippen molar-refractivity contribution in [3.63, 3.8) is 0 Å². The number of halogens is 1. The van der Waals surface area contributed by atoms with Gasteiger partial charge >= 0.3 is 0 Å². The minimum Gasteiger partial charge on any atom is -0.494 e. The number of benzene rings is 1. The summed E-state index contributed by atoms with van der Waals surface area (Å²) in [5, 5.41) is 12.8. The number of nitrogens with zero attached hydrogens (tertiary/aromatic N) is 4. The lowest BCUT2D eigenvalue weighted by Crippen LogP contribution is -2.20. The van der Waals surface area contributed by atoms with Crippen LogP contribution in [-0.4, -0.2) is 52.8 Å². The van der Waals surface area contributed by atoms with E-state index in [9.17, 15) is 0 Å². The molecule has 1 aliphatic heterocycles. The fourth-order valence-electron chi connectivity index (χ4n) is 4.25. The number of para-hydroxylation sites is 1. The summed E-state index contributed by atoms with van der Waals surface area (Å²) in [5.41, 5.74) is 4.10. The predicted molar refractivity (Wildman–Crippen MR) is 147 cm³/mol. The first kappa shape index (κ1) is 25.2. The highest BCUT2D eigenvalue weighted by Crippen LogP contribution is 2.38. The fourth-order valence-corrected chi connectivity index (χ4v) is 5.07. The van der Waals surface area contributed by atoms with Crippen LogP contribution in [0.4, 0.5) is 5.95 Å². The molecule has 0 bridgehead atoms. The molecular weight excluding hydrogens is 512 g/mol. The van der Waals surface area contributed by atoms with Crippen LogP contribution < -0.4 is 19.5 Å². The molecule has 1 aromatic carbocycles. The lowest BCUT2D eigenvalue weighted by atomic mass is 9.98. The van der Waals surface area contributed by atoms with Gasteiger partial charge in [-0.15, -0.1) is 10.2 Å². The van der Waals surface area contributed by atoms with Gasteiger partial charge in [0.25, 0.3) is 0 Å². The molecule has 0 radical (unpaired) electrons. The number of methoxy groups -OCH3 is 2. The third kappa shape index (κ3) is 5.46. The molecule has 5 rings (SSSR count). The number of hydrogen-bond acceptors (Lipinski definition) is 9. The lowest BCUT2D eigenvalue weighted by Gasteiger charge is -2.18. The number of aryl methyl sites for hydroxylation is 1. The molecule has 192 valence electrons. The maximum absolute atomic E-state index is 6.28. The number of nitrogens with one attached hydrogen (secondary N) is 2. The first-order valence-corrected chi connectivity index (χ1v) is 13.2. The average Bonchev–Trinajstić information content (AvgIpc) is 3.62. The maximum Gasteiger partial charge on any atom is 0.239 e. The molecule has 2 N–H and O–H groups in total. The summed E-state index contributed by atoms with van der Waals surface area (Å²) in [6, 6.07) is 11.3. The van der Waals surface area contributed by atoms with Gasteiger partial charge in [0.05, 0.1) is 25.5 Å². The molecule has 0 spiro atoms. The maximum atomic E-state index is 6.28. The summed E-state index contributed by atoms with van der Waals surface area (Å²) in [7, 11) is 3.23. The molecule has 0 amide bonds. The zero-order chi connectivity index (χ0) is 25.6. The topological polar surface area (TPSA) is 99.3 Å². The molecule has 0 saturated carbocycles. The number of ether oxygens (including phenoxy) is 2. The van der Waals surface area contributed by atoms with Crippen LogP contribution in [0.15, 0.2) is 59.4 Å². The normalized spacial score (nSPS) is 13.3. The van der Waals surface area contributed by atoms with E-state index in [1.165, 1.54) is 17.5 Å². The van der Waals surface area contributed by atoms with Gasteiger partial charge in [-0.25, -0.2) is 0 Å². The highest BCUT2D eigenvalue weighted by Gasteiger charge is 2.23. The fraction of sp³-hybridized carbons (Fsp3) is 0.269. The Morgan fingerprint density at radius 1 is 1.16 bits per heavy atom. The van der Waals surface area contributed by atoms with Gasteiger partial charge in [0.1, 0.15) is 17.2 Å². The van der Waals surface area contributed by atoms with Crippen LogP contribution in [0.25, 0.3) is 22.8 Å². The zero-order valence-electron chi connectivity index (χ0n) is 20.5. The van der Waals surface area contributed by atoms with E-state index in [2.05, 4.69) is 31.3 Å². The summed E-state index contributed by atoms with van der Waals surface area (Å²) in [6.45, 7) is 1.81. The minimum atomic E-state index is 0.518. The number of aromatic nitrogens is 4. The van der Waals surface area contributed by atoms with Crippen LogP contribution in [0.1, 0.15) is 17.7 Å². The van der Waals surface area contributed by atoms with Crippen molar-refractivity contribution < 1.29 is 13.9 Å². The Morgan fingerprint density at radius 3 is 2.70 bits per heavy atom. The highest BCUT2D eigenvalue weighted by atomic mass is 35.5. The predicted octanol–water partition coefficient (Wildman–Crippen LogP) is 5.27. The number of furan rings is 1. The van der Waals surface area contributed by atoms with E-state index in [4.69, 9.17) is 25.5 Å². The Bertz CT molecular complexity index is 1370. The van der Waals surface area contributed by atoms with Gasteiger partial charge in [-0.05, 0) is 60.8 Å². The SMILES string of the molecule is COc1cccc(OC)c1-n1c(NSCCc2ncc(Cl)cc2C2=CCNCC2)nnc1-c1ccco1. The van der Waals surface area contributed by atoms with E-state index in [1.54, 1.807) is 26.7 Å². The van der Waals surface area contributed by atoms with Crippen molar-refractivity contribution >= 4 is 35.1 Å². The quantitative estimate of drug-likeness (QED) is 0.206. The number of anilines is 1. The molecule has 37 heavy (non-hydrogen) atoms. The van der Waals surface area contributed by atoms with Crippen molar-refractivity contribution in [2.45, 2.75) is 12.8 Å². The Kier molecular flexibility index (Phi) is 7.98. The molecule has 4 aromatic rings. The van der Waals surface area contributed by atoms with Gasteiger partial charge in [-0.3, -0.25) is 14.3 Å². The summed E-state index contributed by atoms with van der Waals surface area (Å²) in [6.07, 6.45) is 7.24. The van der Waals surface area contributed by atoms with Crippen LogP contribution in [0.3, 0.4) is 0 Å². The van der Waals surface area contributed by atoms with Crippen molar-refractivity contribution in [2.75, 3.05) is 37.8 Å². The zero-order valence-corrected chi connectivity index (χ0v) is 22.1. The second-order valence-electron chi connectivity index (χ2n) is 8.20. The minimum absolute atomic E-state index is 0.518. The second kappa shape index (κ2) is 11.7. The first-order chi connectivity index (χ1) is 18.2. The molecule has 11 heteroatoms. The summed E-state index contributed by atoms with van der Waals surface area (Å²) in [4.78, 5) is 4.63. The molecule has 0 atom stereocenters. The van der Waals surface area contributed by atoms with E-state index in [1.807, 2.05) is 41.0 Å². The molecule has 0 unspecified atom stereocenters. The number of pyridine rings is 1. The number of hydrogen-bond donors (Lipinski definition) is 2.